The van der Waals surface area contributed by atoms with Gasteiger partial charge < -0.3 is 15.3 Å². The third-order valence-electron chi connectivity index (χ3n) is 5.39. The van der Waals surface area contributed by atoms with Crippen molar-refractivity contribution in [3.8, 4) is 0 Å². The fourth-order valence-corrected chi connectivity index (χ4v) is 5.04. The van der Waals surface area contributed by atoms with Crippen LogP contribution in [0.4, 0.5) is 5.82 Å². The molecular formula is C17H24ClN5OS. The van der Waals surface area contributed by atoms with Gasteiger partial charge in [-0.1, -0.05) is 11.3 Å². The molecule has 1 aliphatic heterocycles. The minimum Gasteiger partial charge on any atom is -0.393 e. The highest BCUT2D eigenvalue weighted by molar-refractivity contribution is 7.18. The molecule has 2 N–H and O–H groups in total. The number of hydrogen-bond donors (Lipinski definition) is 2. The van der Waals surface area contributed by atoms with Gasteiger partial charge in [0.1, 0.15) is 5.52 Å². The summed E-state index contributed by atoms with van der Waals surface area (Å²) in [7, 11) is 0. The van der Waals surface area contributed by atoms with E-state index >= 15 is 0 Å². The molecule has 0 spiro atoms. The van der Waals surface area contributed by atoms with E-state index in [0.29, 0.717) is 12.1 Å². The first-order valence-corrected chi connectivity index (χ1v) is 10.3. The van der Waals surface area contributed by atoms with Gasteiger partial charge in [-0.05, 0) is 57.0 Å². The molecule has 2 fully saturated rings. The molecule has 1 saturated heterocycles. The first-order chi connectivity index (χ1) is 12.1. The van der Waals surface area contributed by atoms with Crippen LogP contribution in [0.5, 0.6) is 0 Å². The quantitative estimate of drug-likeness (QED) is 0.795. The van der Waals surface area contributed by atoms with Crippen molar-refractivity contribution >= 4 is 39.1 Å². The first-order valence-electron chi connectivity index (χ1n) is 9.08. The predicted octanol–water partition coefficient (Wildman–Crippen LogP) is 3.23. The topological polar surface area (TPSA) is 74.2 Å². The Morgan fingerprint density at radius 3 is 2.52 bits per heavy atom. The maximum Gasteiger partial charge on any atom is 0.225 e. The van der Waals surface area contributed by atoms with Crippen molar-refractivity contribution < 1.29 is 5.11 Å². The SMILES string of the molecule is Cc1nc2c(NC3CCC(N4CCC(O)CC4)CC3)nc(Cl)nc2s1. The number of aromatic nitrogens is 3. The van der Waals surface area contributed by atoms with Crippen LogP contribution >= 0.6 is 22.9 Å². The van der Waals surface area contributed by atoms with Gasteiger partial charge in [0.15, 0.2) is 10.6 Å². The van der Waals surface area contributed by atoms with Crippen molar-refractivity contribution in [2.24, 2.45) is 0 Å². The van der Waals surface area contributed by atoms with Crippen LogP contribution in [-0.4, -0.2) is 56.2 Å². The second-order valence-electron chi connectivity index (χ2n) is 7.14. The third kappa shape index (κ3) is 3.89. The van der Waals surface area contributed by atoms with Crippen LogP contribution in [0.25, 0.3) is 10.3 Å². The molecule has 136 valence electrons. The zero-order valence-electron chi connectivity index (χ0n) is 14.4. The minimum atomic E-state index is -0.0965. The standard InChI is InChI=1S/C17H24ClN5OS/c1-10-19-14-15(21-17(18)22-16(14)25-10)20-11-2-4-12(5-3-11)23-8-6-13(24)7-9-23/h11-13,24H,2-9H2,1H3,(H,20,21,22). The van der Waals surface area contributed by atoms with Gasteiger partial charge in [0.2, 0.25) is 5.28 Å². The highest BCUT2D eigenvalue weighted by Crippen LogP contribution is 2.31. The average molecular weight is 382 g/mol. The van der Waals surface area contributed by atoms with Crippen LogP contribution in [0, 0.1) is 6.92 Å². The van der Waals surface area contributed by atoms with E-state index in [9.17, 15) is 5.11 Å². The van der Waals surface area contributed by atoms with E-state index in [1.807, 2.05) is 6.92 Å². The van der Waals surface area contributed by atoms with Crippen LogP contribution in [0.3, 0.4) is 0 Å². The fourth-order valence-electron chi connectivity index (χ4n) is 4.03. The zero-order valence-corrected chi connectivity index (χ0v) is 16.0. The lowest BCUT2D eigenvalue weighted by molar-refractivity contribution is 0.0495. The van der Waals surface area contributed by atoms with E-state index in [4.69, 9.17) is 11.6 Å². The van der Waals surface area contributed by atoms with Gasteiger partial charge in [-0.3, -0.25) is 0 Å². The second-order valence-corrected chi connectivity index (χ2v) is 8.66. The Labute approximate surface area is 156 Å². The number of likely N-dealkylation sites (tertiary alicyclic amines) is 1. The van der Waals surface area contributed by atoms with Crippen LogP contribution in [-0.2, 0) is 0 Å². The van der Waals surface area contributed by atoms with Gasteiger partial charge in [0.25, 0.3) is 0 Å². The summed E-state index contributed by atoms with van der Waals surface area (Å²) in [6.07, 6.45) is 6.35. The van der Waals surface area contributed by atoms with E-state index in [-0.39, 0.29) is 11.4 Å². The Morgan fingerprint density at radius 2 is 1.80 bits per heavy atom. The Morgan fingerprint density at radius 1 is 1.08 bits per heavy atom. The number of aliphatic hydroxyl groups excluding tert-OH is 1. The number of aliphatic hydroxyl groups is 1. The van der Waals surface area contributed by atoms with Crippen LogP contribution in [0.2, 0.25) is 5.28 Å². The molecule has 0 unspecified atom stereocenters. The van der Waals surface area contributed by atoms with Crippen molar-refractivity contribution in [3.63, 3.8) is 0 Å². The molecule has 6 nitrogen and oxygen atoms in total. The number of halogens is 1. The van der Waals surface area contributed by atoms with Gasteiger partial charge >= 0.3 is 0 Å². The van der Waals surface area contributed by atoms with Gasteiger partial charge in [-0.15, -0.1) is 0 Å². The molecule has 0 amide bonds. The van der Waals surface area contributed by atoms with E-state index in [1.165, 1.54) is 12.8 Å². The lowest BCUT2D eigenvalue weighted by Crippen LogP contribution is -2.45. The number of hydrogen-bond acceptors (Lipinski definition) is 7. The molecule has 0 atom stereocenters. The van der Waals surface area contributed by atoms with Gasteiger partial charge in [0.05, 0.1) is 11.1 Å². The molecule has 4 rings (SSSR count). The summed E-state index contributed by atoms with van der Waals surface area (Å²) >= 11 is 7.62. The minimum absolute atomic E-state index is 0.0965. The maximum absolute atomic E-state index is 9.68. The lowest BCUT2D eigenvalue weighted by Gasteiger charge is -2.40. The molecule has 8 heteroatoms. The summed E-state index contributed by atoms with van der Waals surface area (Å²) in [4.78, 5) is 16.6. The summed E-state index contributed by atoms with van der Waals surface area (Å²) in [5.74, 6) is 0.767. The Bertz CT molecular complexity index is 738. The molecule has 2 aromatic heterocycles. The van der Waals surface area contributed by atoms with Crippen molar-refractivity contribution in [1.29, 1.82) is 0 Å². The molecule has 3 heterocycles. The lowest BCUT2D eigenvalue weighted by atomic mass is 9.89. The molecule has 2 aliphatic rings. The van der Waals surface area contributed by atoms with Gasteiger partial charge in [-0.25, -0.2) is 9.97 Å². The normalized spacial score (nSPS) is 26.2. The van der Waals surface area contributed by atoms with Crippen LogP contribution < -0.4 is 5.32 Å². The fraction of sp³-hybridized carbons (Fsp3) is 0.706. The molecular weight excluding hydrogens is 358 g/mol. The monoisotopic (exact) mass is 381 g/mol. The van der Waals surface area contributed by atoms with Crippen molar-refractivity contribution in [1.82, 2.24) is 19.9 Å². The molecule has 0 radical (unpaired) electrons. The number of fused-ring (bicyclic) bond motifs is 1. The van der Waals surface area contributed by atoms with E-state index in [2.05, 4.69) is 25.2 Å². The Balaban J connectivity index is 1.39. The van der Waals surface area contributed by atoms with Crippen molar-refractivity contribution in [2.45, 2.75) is 63.6 Å². The number of aryl methyl sites for hydroxylation is 1. The van der Waals surface area contributed by atoms with E-state index in [1.54, 1.807) is 11.3 Å². The summed E-state index contributed by atoms with van der Waals surface area (Å²) < 4.78 is 0. The average Bonchev–Trinajstić information content (AvgIpc) is 2.97. The number of rotatable bonds is 3. The highest BCUT2D eigenvalue weighted by atomic mass is 35.5. The maximum atomic E-state index is 9.68. The molecule has 25 heavy (non-hydrogen) atoms. The smallest absolute Gasteiger partial charge is 0.225 e. The number of anilines is 1. The molecule has 0 bridgehead atoms. The number of nitrogens with zero attached hydrogens (tertiary/aromatic N) is 4. The number of piperidine rings is 1. The van der Waals surface area contributed by atoms with Gasteiger partial charge in [0, 0.05) is 25.2 Å². The third-order valence-corrected chi connectivity index (χ3v) is 6.43. The van der Waals surface area contributed by atoms with E-state index in [0.717, 1.165) is 59.9 Å². The molecule has 0 aromatic carbocycles. The molecule has 1 aliphatic carbocycles. The largest absolute Gasteiger partial charge is 0.393 e. The summed E-state index contributed by atoms with van der Waals surface area (Å²) in [6, 6.07) is 1.06. The van der Waals surface area contributed by atoms with Gasteiger partial charge in [-0.2, -0.15) is 4.98 Å². The zero-order chi connectivity index (χ0) is 17.4. The van der Waals surface area contributed by atoms with Crippen LogP contribution in [0.1, 0.15) is 43.5 Å². The summed E-state index contributed by atoms with van der Waals surface area (Å²) in [5.41, 5.74) is 0.832. The number of thiazole rings is 1. The second kappa shape index (κ2) is 7.31. The summed E-state index contributed by atoms with van der Waals surface area (Å²) in [5, 5.41) is 14.5. The first kappa shape index (κ1) is 17.4. The predicted molar refractivity (Wildman–Crippen MR) is 101 cm³/mol. The van der Waals surface area contributed by atoms with Crippen molar-refractivity contribution in [3.05, 3.63) is 10.3 Å². The Kier molecular flexibility index (Phi) is 5.08. The highest BCUT2D eigenvalue weighted by Gasteiger charge is 2.29. The molecule has 2 aromatic rings. The van der Waals surface area contributed by atoms with Crippen LogP contribution in [0.15, 0.2) is 0 Å². The van der Waals surface area contributed by atoms with Crippen molar-refractivity contribution in [2.75, 3.05) is 18.4 Å². The van der Waals surface area contributed by atoms with E-state index < -0.39 is 0 Å². The number of nitrogens with one attached hydrogen (secondary N) is 1. The Hall–Kier alpha value is -1.02. The summed E-state index contributed by atoms with van der Waals surface area (Å²) in [6.45, 7) is 4.04. The molecule has 1 saturated carbocycles.